The van der Waals surface area contributed by atoms with Gasteiger partial charge in [0.05, 0.1) is 6.61 Å². The van der Waals surface area contributed by atoms with E-state index >= 15 is 0 Å². The second-order valence-electron chi connectivity index (χ2n) is 1.42. The summed E-state index contributed by atoms with van der Waals surface area (Å²) in [7, 11) is 0. The Morgan fingerprint density at radius 2 is 2.00 bits per heavy atom. The molecule has 4 heteroatoms. The fraction of sp³-hybridized carbons (Fsp3) is 1.00. The Labute approximate surface area is 45.8 Å². The average Bonchev–Trinajstić information content (AvgIpc) is 1.84. The molecule has 0 fully saturated rings. The Morgan fingerprint density at radius 1 is 1.50 bits per heavy atom. The van der Waals surface area contributed by atoms with E-state index in [1.54, 1.807) is 0 Å². The van der Waals surface area contributed by atoms with Gasteiger partial charge in [0.2, 0.25) is 0 Å². The topological polar surface area (TPSA) is 40.5 Å². The molecule has 0 heterocycles. The third kappa shape index (κ3) is 2.18. The van der Waals surface area contributed by atoms with E-state index in [0.717, 1.165) is 0 Å². The van der Waals surface area contributed by atoms with E-state index in [-0.39, 0.29) is 0 Å². The van der Waals surface area contributed by atoms with E-state index in [1.165, 1.54) is 0 Å². The number of hydrogen-bond acceptors (Lipinski definition) is 2. The Bertz CT molecular complexity index is 52.0. The first-order valence-electron chi connectivity index (χ1n) is 2.21. The van der Waals surface area contributed by atoms with Crippen molar-refractivity contribution in [3.63, 3.8) is 0 Å². The zero-order valence-electron chi connectivity index (χ0n) is 4.22. The molecular formula is C4H8F2O2. The first-order valence-corrected chi connectivity index (χ1v) is 2.21. The molecule has 0 aliphatic rings. The van der Waals surface area contributed by atoms with Crippen molar-refractivity contribution in [2.24, 2.45) is 0 Å². The molecule has 2 N–H and O–H groups in total. The van der Waals surface area contributed by atoms with Crippen LogP contribution in [0.1, 0.15) is 0 Å². The van der Waals surface area contributed by atoms with Crippen molar-refractivity contribution >= 4 is 0 Å². The van der Waals surface area contributed by atoms with Crippen molar-refractivity contribution in [1.82, 2.24) is 0 Å². The summed E-state index contributed by atoms with van der Waals surface area (Å²) in [6, 6.07) is 0. The average molecular weight is 126 g/mol. The zero-order valence-corrected chi connectivity index (χ0v) is 4.22. The molecule has 2 atom stereocenters. The van der Waals surface area contributed by atoms with Crippen LogP contribution in [-0.4, -0.2) is 35.8 Å². The lowest BCUT2D eigenvalue weighted by molar-refractivity contribution is 0.0186. The first kappa shape index (κ1) is 7.78. The summed E-state index contributed by atoms with van der Waals surface area (Å²) in [6.45, 7) is -1.98. The third-order valence-corrected chi connectivity index (χ3v) is 0.752. The monoisotopic (exact) mass is 126 g/mol. The van der Waals surface area contributed by atoms with Gasteiger partial charge in [-0.1, -0.05) is 0 Å². The minimum Gasteiger partial charge on any atom is -0.394 e. The summed E-state index contributed by atoms with van der Waals surface area (Å²) >= 11 is 0. The smallest absolute Gasteiger partial charge is 0.156 e. The van der Waals surface area contributed by atoms with Crippen LogP contribution in [0, 0.1) is 0 Å². The van der Waals surface area contributed by atoms with E-state index in [9.17, 15) is 8.78 Å². The molecule has 0 saturated carbocycles. The van der Waals surface area contributed by atoms with E-state index in [0.29, 0.717) is 0 Å². The lowest BCUT2D eigenvalue weighted by Crippen LogP contribution is -2.26. The lowest BCUT2D eigenvalue weighted by Gasteiger charge is -2.07. The van der Waals surface area contributed by atoms with Crippen LogP contribution in [0.15, 0.2) is 0 Å². The van der Waals surface area contributed by atoms with Gasteiger partial charge in [0.15, 0.2) is 6.17 Å². The lowest BCUT2D eigenvalue weighted by atomic mass is 10.2. The third-order valence-electron chi connectivity index (χ3n) is 0.752. The molecule has 0 rings (SSSR count). The van der Waals surface area contributed by atoms with Gasteiger partial charge < -0.3 is 10.2 Å². The molecule has 8 heavy (non-hydrogen) atoms. The zero-order chi connectivity index (χ0) is 6.57. The number of aliphatic hydroxyl groups is 2. The number of alkyl halides is 2. The highest BCUT2D eigenvalue weighted by Crippen LogP contribution is 1.97. The van der Waals surface area contributed by atoms with Crippen LogP contribution in [0.4, 0.5) is 8.78 Å². The molecule has 0 spiro atoms. The summed E-state index contributed by atoms with van der Waals surface area (Å²) in [6.07, 6.45) is -3.51. The minimum absolute atomic E-state index is 0.731. The van der Waals surface area contributed by atoms with Gasteiger partial charge in [-0.3, -0.25) is 0 Å². The van der Waals surface area contributed by atoms with Gasteiger partial charge >= 0.3 is 0 Å². The number of hydrogen-bond donors (Lipinski definition) is 2. The molecule has 0 aliphatic heterocycles. The van der Waals surface area contributed by atoms with Gasteiger partial charge in [-0.15, -0.1) is 0 Å². The predicted octanol–water partition coefficient (Wildman–Crippen LogP) is -0.353. The highest BCUT2D eigenvalue weighted by Gasteiger charge is 2.15. The fourth-order valence-corrected chi connectivity index (χ4v) is 0.217. The maximum atomic E-state index is 11.7. The van der Waals surface area contributed by atoms with Gasteiger partial charge in [-0.25, -0.2) is 8.78 Å². The molecule has 50 valence electrons. The van der Waals surface area contributed by atoms with E-state index in [2.05, 4.69) is 0 Å². The Balaban J connectivity index is 3.29. The molecule has 0 amide bonds. The van der Waals surface area contributed by atoms with Crippen molar-refractivity contribution < 1.29 is 19.0 Å². The second-order valence-corrected chi connectivity index (χ2v) is 1.42. The van der Waals surface area contributed by atoms with Crippen LogP contribution < -0.4 is 0 Å². The molecule has 2 unspecified atom stereocenters. The largest absolute Gasteiger partial charge is 0.394 e. The van der Waals surface area contributed by atoms with Gasteiger partial charge in [0.1, 0.15) is 12.8 Å². The highest BCUT2D eigenvalue weighted by atomic mass is 19.2. The van der Waals surface area contributed by atoms with Crippen LogP contribution in [-0.2, 0) is 0 Å². The second kappa shape index (κ2) is 3.74. The predicted molar refractivity (Wildman–Crippen MR) is 24.0 cm³/mol. The maximum absolute atomic E-state index is 11.7. The van der Waals surface area contributed by atoms with E-state index in [4.69, 9.17) is 10.2 Å². The van der Waals surface area contributed by atoms with E-state index in [1.807, 2.05) is 0 Å². The quantitative estimate of drug-likeness (QED) is 0.542. The number of aliphatic hydroxyl groups excluding tert-OH is 2. The van der Waals surface area contributed by atoms with Crippen molar-refractivity contribution in [2.45, 2.75) is 12.3 Å². The molecule has 0 aromatic rings. The molecule has 0 radical (unpaired) electrons. The molecule has 0 aliphatic carbocycles. The normalized spacial score (nSPS) is 18.0. The van der Waals surface area contributed by atoms with Gasteiger partial charge in [-0.05, 0) is 0 Å². The number of halogens is 2. The van der Waals surface area contributed by atoms with Crippen molar-refractivity contribution in [3.8, 4) is 0 Å². The minimum atomic E-state index is -1.94. The van der Waals surface area contributed by atoms with E-state index < -0.39 is 25.6 Å². The summed E-state index contributed by atoms with van der Waals surface area (Å²) < 4.78 is 22.9. The molecule has 0 bridgehead atoms. The molecule has 0 aromatic heterocycles. The van der Waals surface area contributed by atoms with Gasteiger partial charge in [0, 0.05) is 0 Å². The van der Waals surface area contributed by atoms with Gasteiger partial charge in [-0.2, -0.15) is 0 Å². The summed E-state index contributed by atoms with van der Waals surface area (Å²) in [5.41, 5.74) is 0. The SMILES string of the molecule is OCC(O)C(F)CF. The van der Waals surface area contributed by atoms with Crippen LogP contribution in [0.25, 0.3) is 0 Å². The Kier molecular flexibility index (Phi) is 3.64. The maximum Gasteiger partial charge on any atom is 0.156 e. The molecule has 0 saturated heterocycles. The number of rotatable bonds is 3. The molecule has 2 nitrogen and oxygen atoms in total. The van der Waals surface area contributed by atoms with Crippen LogP contribution >= 0.6 is 0 Å². The van der Waals surface area contributed by atoms with Gasteiger partial charge in [0.25, 0.3) is 0 Å². The first-order chi connectivity index (χ1) is 3.72. The fourth-order valence-electron chi connectivity index (χ4n) is 0.217. The standard InChI is InChI=1S/C4H8F2O2/c5-1-3(6)4(8)2-7/h3-4,7-8H,1-2H2. The van der Waals surface area contributed by atoms with Crippen molar-refractivity contribution in [3.05, 3.63) is 0 Å². The highest BCUT2D eigenvalue weighted by molar-refractivity contribution is 4.63. The van der Waals surface area contributed by atoms with Crippen LogP contribution in [0.5, 0.6) is 0 Å². The molecule has 0 aromatic carbocycles. The summed E-state index contributed by atoms with van der Waals surface area (Å²) in [5, 5.41) is 16.2. The van der Waals surface area contributed by atoms with Crippen molar-refractivity contribution in [2.75, 3.05) is 13.3 Å². The van der Waals surface area contributed by atoms with Crippen molar-refractivity contribution in [1.29, 1.82) is 0 Å². The van der Waals surface area contributed by atoms with Crippen LogP contribution in [0.3, 0.4) is 0 Å². The van der Waals surface area contributed by atoms with Crippen LogP contribution in [0.2, 0.25) is 0 Å². The summed E-state index contributed by atoms with van der Waals surface area (Å²) in [4.78, 5) is 0. The molecular weight excluding hydrogens is 118 g/mol. The Morgan fingerprint density at radius 3 is 2.12 bits per heavy atom. The Hall–Kier alpha value is -0.220. The summed E-state index contributed by atoms with van der Waals surface area (Å²) in [5.74, 6) is 0.